The third-order valence-corrected chi connectivity index (χ3v) is 2.61. The average molecular weight is 306 g/mol. The maximum atomic E-state index is 12.6. The first-order chi connectivity index (χ1) is 9.67. The molecular weight excluding hydrogens is 298 g/mol. The van der Waals surface area contributed by atoms with Crippen LogP contribution in [0.5, 0.6) is 5.75 Å². The number of hydrogen-bond donors (Lipinski definition) is 0. The summed E-state index contributed by atoms with van der Waals surface area (Å²) in [6.45, 7) is 0. The van der Waals surface area contributed by atoms with Gasteiger partial charge in [0.1, 0.15) is 5.75 Å². The highest BCUT2D eigenvalue weighted by Crippen LogP contribution is 2.36. The fraction of sp³-hybridized carbons (Fsp3) is 0.143. The molecule has 0 amide bonds. The fourth-order valence-electron chi connectivity index (χ4n) is 1.78. The van der Waals surface area contributed by atoms with Crippen LogP contribution in [0.15, 0.2) is 48.5 Å². The number of ether oxygens (including phenoxy) is 1. The number of halogens is 6. The zero-order valence-electron chi connectivity index (χ0n) is 10.3. The summed E-state index contributed by atoms with van der Waals surface area (Å²) < 4.78 is 78.7. The Balaban J connectivity index is 2.48. The van der Waals surface area contributed by atoms with Crippen molar-refractivity contribution < 1.29 is 31.1 Å². The first-order valence-electron chi connectivity index (χ1n) is 5.69. The summed E-state index contributed by atoms with van der Waals surface area (Å²) in [5.74, 6) is -0.552. The molecule has 2 aromatic rings. The maximum Gasteiger partial charge on any atom is 0.573 e. The lowest BCUT2D eigenvalue weighted by Gasteiger charge is -2.14. The Bertz CT molecular complexity index is 630. The van der Waals surface area contributed by atoms with E-state index in [-0.39, 0.29) is 11.1 Å². The van der Waals surface area contributed by atoms with Gasteiger partial charge in [-0.2, -0.15) is 13.2 Å². The molecule has 0 N–H and O–H groups in total. The highest BCUT2D eigenvalue weighted by atomic mass is 19.4. The zero-order chi connectivity index (χ0) is 15.7. The van der Waals surface area contributed by atoms with Gasteiger partial charge in [-0.05, 0) is 23.8 Å². The van der Waals surface area contributed by atoms with Crippen LogP contribution >= 0.6 is 0 Å². The van der Waals surface area contributed by atoms with Gasteiger partial charge in [0, 0.05) is 5.56 Å². The predicted octanol–water partition coefficient (Wildman–Crippen LogP) is 5.27. The second-order valence-corrected chi connectivity index (χ2v) is 4.12. The Morgan fingerprint density at radius 3 is 2.05 bits per heavy atom. The molecule has 0 saturated carbocycles. The minimum Gasteiger partial charge on any atom is -0.405 e. The third kappa shape index (κ3) is 3.90. The lowest BCUT2D eigenvalue weighted by molar-refractivity contribution is -0.274. The van der Waals surface area contributed by atoms with Crippen molar-refractivity contribution in [1.82, 2.24) is 0 Å². The predicted molar refractivity (Wildman–Crippen MR) is 63.6 cm³/mol. The molecule has 0 aromatic heterocycles. The monoisotopic (exact) mass is 306 g/mol. The minimum atomic E-state index is -4.92. The molecule has 112 valence electrons. The quantitative estimate of drug-likeness (QED) is 0.687. The minimum absolute atomic E-state index is 0.00956. The van der Waals surface area contributed by atoms with Crippen LogP contribution in [0.4, 0.5) is 26.3 Å². The third-order valence-electron chi connectivity index (χ3n) is 2.61. The van der Waals surface area contributed by atoms with Crippen molar-refractivity contribution >= 4 is 0 Å². The van der Waals surface area contributed by atoms with Gasteiger partial charge >= 0.3 is 12.5 Å². The normalized spacial score (nSPS) is 12.3. The van der Waals surface area contributed by atoms with Crippen LogP contribution in [0.25, 0.3) is 11.1 Å². The van der Waals surface area contributed by atoms with E-state index >= 15 is 0 Å². The van der Waals surface area contributed by atoms with Gasteiger partial charge in [0.25, 0.3) is 0 Å². The van der Waals surface area contributed by atoms with Crippen LogP contribution in [0.3, 0.4) is 0 Å². The number of alkyl halides is 6. The molecule has 2 rings (SSSR count). The molecule has 0 atom stereocenters. The van der Waals surface area contributed by atoms with E-state index in [1.54, 1.807) is 0 Å². The van der Waals surface area contributed by atoms with Crippen molar-refractivity contribution in [2.75, 3.05) is 0 Å². The summed E-state index contributed by atoms with van der Waals surface area (Å²) in [4.78, 5) is 0. The fourth-order valence-corrected chi connectivity index (χ4v) is 1.78. The van der Waals surface area contributed by atoms with Crippen molar-refractivity contribution in [3.8, 4) is 16.9 Å². The van der Waals surface area contributed by atoms with Gasteiger partial charge in [-0.3, -0.25) is 0 Å². The Kier molecular flexibility index (Phi) is 3.85. The number of rotatable bonds is 2. The van der Waals surface area contributed by atoms with E-state index in [0.29, 0.717) is 0 Å². The molecule has 0 heterocycles. The topological polar surface area (TPSA) is 9.23 Å². The molecule has 7 heteroatoms. The molecule has 0 fully saturated rings. The van der Waals surface area contributed by atoms with Crippen LogP contribution in [0, 0.1) is 0 Å². The van der Waals surface area contributed by atoms with Crippen LogP contribution in [-0.4, -0.2) is 6.36 Å². The van der Waals surface area contributed by atoms with E-state index in [9.17, 15) is 26.3 Å². The zero-order valence-corrected chi connectivity index (χ0v) is 10.3. The van der Waals surface area contributed by atoms with Crippen LogP contribution in [0.2, 0.25) is 0 Å². The van der Waals surface area contributed by atoms with Crippen molar-refractivity contribution in [2.45, 2.75) is 12.5 Å². The molecule has 0 unspecified atom stereocenters. The first-order valence-corrected chi connectivity index (χ1v) is 5.69. The second kappa shape index (κ2) is 5.31. The molecule has 0 spiro atoms. The molecule has 0 radical (unpaired) electrons. The van der Waals surface area contributed by atoms with E-state index < -0.39 is 23.9 Å². The van der Waals surface area contributed by atoms with Gasteiger partial charge in [-0.1, -0.05) is 30.3 Å². The maximum absolute atomic E-state index is 12.6. The highest BCUT2D eigenvalue weighted by molar-refractivity contribution is 5.71. The summed E-state index contributed by atoms with van der Waals surface area (Å²) >= 11 is 0. The van der Waals surface area contributed by atoms with Crippen molar-refractivity contribution in [3.63, 3.8) is 0 Å². The van der Waals surface area contributed by atoms with Gasteiger partial charge in [-0.25, -0.2) is 0 Å². The van der Waals surface area contributed by atoms with Gasteiger partial charge in [0.15, 0.2) is 0 Å². The second-order valence-electron chi connectivity index (χ2n) is 4.12. The Labute approximate surface area is 115 Å². The SMILES string of the molecule is FC(F)(F)Oc1ccccc1-c1cccc(C(F)(F)F)c1. The standard InChI is InChI=1S/C14H8F6O/c15-13(16,17)10-5-3-4-9(8-10)11-6-1-2-7-12(11)21-14(18,19)20/h1-8H. The van der Waals surface area contributed by atoms with Gasteiger partial charge in [0.2, 0.25) is 0 Å². The van der Waals surface area contributed by atoms with E-state index in [2.05, 4.69) is 4.74 Å². The highest BCUT2D eigenvalue weighted by Gasteiger charge is 2.33. The Morgan fingerprint density at radius 1 is 0.762 bits per heavy atom. The summed E-state index contributed by atoms with van der Waals surface area (Å²) in [6, 6.07) is 9.06. The number of para-hydroxylation sites is 1. The molecule has 0 aliphatic rings. The van der Waals surface area contributed by atoms with E-state index in [1.165, 1.54) is 24.3 Å². The molecule has 0 bridgehead atoms. The molecule has 2 aromatic carbocycles. The lowest BCUT2D eigenvalue weighted by atomic mass is 10.0. The molecule has 0 aliphatic carbocycles. The lowest BCUT2D eigenvalue weighted by Crippen LogP contribution is -2.17. The molecular formula is C14H8F6O. The van der Waals surface area contributed by atoms with Gasteiger partial charge in [0.05, 0.1) is 5.56 Å². The van der Waals surface area contributed by atoms with Crippen LogP contribution in [-0.2, 0) is 6.18 Å². The first kappa shape index (κ1) is 15.2. The summed E-state index contributed by atoms with van der Waals surface area (Å²) in [6.07, 6.45) is -9.49. The molecule has 0 saturated heterocycles. The Morgan fingerprint density at radius 2 is 1.43 bits per heavy atom. The van der Waals surface area contributed by atoms with Crippen LogP contribution < -0.4 is 4.74 Å². The molecule has 0 aliphatic heterocycles. The summed E-state index contributed by atoms with van der Waals surface area (Å²) in [5.41, 5.74) is -1.02. The van der Waals surface area contributed by atoms with Gasteiger partial charge < -0.3 is 4.74 Å². The van der Waals surface area contributed by atoms with Crippen molar-refractivity contribution in [3.05, 3.63) is 54.1 Å². The Hall–Kier alpha value is -2.18. The number of benzene rings is 2. The molecule has 21 heavy (non-hydrogen) atoms. The number of hydrogen-bond acceptors (Lipinski definition) is 1. The van der Waals surface area contributed by atoms with Crippen LogP contribution in [0.1, 0.15) is 5.56 Å². The van der Waals surface area contributed by atoms with Crippen molar-refractivity contribution in [1.29, 1.82) is 0 Å². The van der Waals surface area contributed by atoms with E-state index in [0.717, 1.165) is 24.3 Å². The smallest absolute Gasteiger partial charge is 0.405 e. The summed E-state index contributed by atoms with van der Waals surface area (Å²) in [7, 11) is 0. The van der Waals surface area contributed by atoms with E-state index in [1.807, 2.05) is 0 Å². The largest absolute Gasteiger partial charge is 0.573 e. The van der Waals surface area contributed by atoms with Gasteiger partial charge in [-0.15, -0.1) is 13.2 Å². The van der Waals surface area contributed by atoms with Crippen molar-refractivity contribution in [2.24, 2.45) is 0 Å². The average Bonchev–Trinajstić information content (AvgIpc) is 2.37. The molecule has 1 nitrogen and oxygen atoms in total. The summed E-state index contributed by atoms with van der Waals surface area (Å²) in [5, 5.41) is 0. The van der Waals surface area contributed by atoms with E-state index in [4.69, 9.17) is 0 Å².